The first-order valence-corrected chi connectivity index (χ1v) is 7.50. The van der Waals surface area contributed by atoms with Gasteiger partial charge in [0.05, 0.1) is 0 Å². The van der Waals surface area contributed by atoms with Gasteiger partial charge in [-0.05, 0) is 11.5 Å². The van der Waals surface area contributed by atoms with Crippen molar-refractivity contribution in [2.45, 2.75) is 19.5 Å². The number of hydrogen-bond donors (Lipinski definition) is 1. The van der Waals surface area contributed by atoms with Gasteiger partial charge in [-0.1, -0.05) is 37.3 Å². The topological polar surface area (TPSA) is 64.8 Å². The number of nitrogens with one attached hydrogen (secondary N) is 1. The minimum Gasteiger partial charge on any atom is -0.363 e. The Kier molecular flexibility index (Phi) is 4.31. The first kappa shape index (κ1) is 14.5. The minimum absolute atomic E-state index is 0.285. The van der Waals surface area contributed by atoms with E-state index in [9.17, 15) is 0 Å². The van der Waals surface area contributed by atoms with Gasteiger partial charge in [-0.3, -0.25) is 4.90 Å². The summed E-state index contributed by atoms with van der Waals surface area (Å²) < 4.78 is 0. The first-order valence-electron chi connectivity index (χ1n) is 7.50. The van der Waals surface area contributed by atoms with Crippen molar-refractivity contribution < 1.29 is 0 Å². The van der Waals surface area contributed by atoms with Crippen molar-refractivity contribution in [3.05, 3.63) is 54.0 Å². The highest BCUT2D eigenvalue weighted by Gasteiger charge is 2.30. The molecule has 1 N–H and O–H groups in total. The third kappa shape index (κ3) is 3.23. The monoisotopic (exact) mass is 293 g/mol. The molecule has 3 rings (SSSR count). The fraction of sp³-hybridized carbons (Fsp3) is 0.353. The summed E-state index contributed by atoms with van der Waals surface area (Å²) in [4.78, 5) is 10.7. The van der Waals surface area contributed by atoms with Gasteiger partial charge < -0.3 is 5.32 Å². The highest BCUT2D eigenvalue weighted by Crippen LogP contribution is 2.22. The number of aromatic nitrogens is 2. The normalized spacial score (nSPS) is 21.5. The smallest absolute Gasteiger partial charge is 0.182 e. The summed E-state index contributed by atoms with van der Waals surface area (Å²) in [5, 5.41) is 12.5. The van der Waals surface area contributed by atoms with Gasteiger partial charge in [0.2, 0.25) is 0 Å². The van der Waals surface area contributed by atoms with Crippen molar-refractivity contribution in [1.82, 2.24) is 14.9 Å². The van der Waals surface area contributed by atoms with E-state index in [1.807, 2.05) is 6.07 Å². The fourth-order valence-electron chi connectivity index (χ4n) is 2.93. The second-order valence-electron chi connectivity index (χ2n) is 5.77. The van der Waals surface area contributed by atoms with Crippen LogP contribution in [-0.4, -0.2) is 34.0 Å². The first-order chi connectivity index (χ1) is 10.8. The van der Waals surface area contributed by atoms with Crippen molar-refractivity contribution in [3.8, 4) is 6.07 Å². The van der Waals surface area contributed by atoms with Crippen LogP contribution in [0.5, 0.6) is 0 Å². The van der Waals surface area contributed by atoms with E-state index in [0.717, 1.165) is 19.6 Å². The van der Waals surface area contributed by atoms with E-state index in [-0.39, 0.29) is 6.04 Å². The second-order valence-corrected chi connectivity index (χ2v) is 5.77. The van der Waals surface area contributed by atoms with E-state index in [2.05, 4.69) is 57.4 Å². The average Bonchev–Trinajstić information content (AvgIpc) is 2.88. The molecule has 0 saturated carbocycles. The Labute approximate surface area is 130 Å². The van der Waals surface area contributed by atoms with Crippen molar-refractivity contribution in [3.63, 3.8) is 0 Å². The van der Waals surface area contributed by atoms with E-state index in [1.165, 1.54) is 5.56 Å². The summed E-state index contributed by atoms with van der Waals surface area (Å²) >= 11 is 0. The predicted molar refractivity (Wildman–Crippen MR) is 85.0 cm³/mol. The third-order valence-electron chi connectivity index (χ3n) is 4.06. The number of nitrogens with zero attached hydrogens (tertiary/aromatic N) is 4. The summed E-state index contributed by atoms with van der Waals surface area (Å²) in [6, 6.07) is 12.9. The van der Waals surface area contributed by atoms with Gasteiger partial charge in [0, 0.05) is 38.1 Å². The number of hydrogen-bond acceptors (Lipinski definition) is 5. The molecule has 0 amide bonds. The number of benzene rings is 1. The molecule has 2 aromatic rings. The van der Waals surface area contributed by atoms with Crippen LogP contribution in [0.1, 0.15) is 18.2 Å². The molecule has 1 saturated heterocycles. The maximum atomic E-state index is 9.10. The van der Waals surface area contributed by atoms with E-state index >= 15 is 0 Å². The Morgan fingerprint density at radius 2 is 2.00 bits per heavy atom. The molecule has 0 radical (unpaired) electrons. The summed E-state index contributed by atoms with van der Waals surface area (Å²) in [7, 11) is 0. The van der Waals surface area contributed by atoms with Crippen LogP contribution in [0.4, 0.5) is 5.82 Å². The Morgan fingerprint density at radius 1 is 1.23 bits per heavy atom. The molecule has 5 heteroatoms. The van der Waals surface area contributed by atoms with Crippen LogP contribution in [0.15, 0.2) is 42.7 Å². The molecule has 5 nitrogen and oxygen atoms in total. The number of rotatable bonds is 4. The summed E-state index contributed by atoms with van der Waals surface area (Å²) in [5.74, 6) is 1.08. The Bertz CT molecular complexity index is 664. The molecule has 1 fully saturated rings. The number of anilines is 1. The Morgan fingerprint density at radius 3 is 2.77 bits per heavy atom. The molecule has 22 heavy (non-hydrogen) atoms. The number of likely N-dealkylation sites (tertiary alicyclic amines) is 1. The molecule has 112 valence electrons. The molecule has 1 aromatic heterocycles. The van der Waals surface area contributed by atoms with Crippen molar-refractivity contribution in [1.29, 1.82) is 5.26 Å². The van der Waals surface area contributed by atoms with E-state index in [1.54, 1.807) is 12.4 Å². The van der Waals surface area contributed by atoms with Gasteiger partial charge in [-0.25, -0.2) is 9.97 Å². The molecule has 1 aliphatic heterocycles. The Hall–Kier alpha value is -2.45. The van der Waals surface area contributed by atoms with E-state index in [0.29, 0.717) is 17.4 Å². The lowest BCUT2D eigenvalue weighted by molar-refractivity contribution is 0.319. The van der Waals surface area contributed by atoms with Crippen LogP contribution in [-0.2, 0) is 6.54 Å². The lowest BCUT2D eigenvalue weighted by atomic mass is 10.1. The standard InChI is InChI=1S/C17H19N5/c1-13-10-22(11-14-5-3-2-4-6-14)12-16(13)21-17-15(9-18)19-7-8-20-17/h2-8,13,16H,10-12H2,1H3,(H,20,21). The summed E-state index contributed by atoms with van der Waals surface area (Å²) in [6.07, 6.45) is 3.16. The molecule has 1 aliphatic rings. The molecule has 0 aliphatic carbocycles. The summed E-state index contributed by atoms with van der Waals surface area (Å²) in [6.45, 7) is 5.16. The average molecular weight is 293 g/mol. The van der Waals surface area contributed by atoms with Crippen LogP contribution in [0.2, 0.25) is 0 Å². The quantitative estimate of drug-likeness (QED) is 0.937. The van der Waals surface area contributed by atoms with E-state index < -0.39 is 0 Å². The number of nitriles is 1. The second kappa shape index (κ2) is 6.54. The van der Waals surface area contributed by atoms with Gasteiger partial charge in [0.25, 0.3) is 0 Å². The zero-order valence-electron chi connectivity index (χ0n) is 12.6. The molecule has 0 spiro atoms. The van der Waals surface area contributed by atoms with Crippen molar-refractivity contribution >= 4 is 5.82 Å². The molecular formula is C17H19N5. The largest absolute Gasteiger partial charge is 0.363 e. The highest BCUT2D eigenvalue weighted by molar-refractivity contribution is 5.47. The predicted octanol–water partition coefficient (Wildman–Crippen LogP) is 2.28. The van der Waals surface area contributed by atoms with Crippen LogP contribution >= 0.6 is 0 Å². The summed E-state index contributed by atoms with van der Waals surface area (Å²) in [5.41, 5.74) is 1.68. The molecule has 2 atom stereocenters. The fourth-order valence-corrected chi connectivity index (χ4v) is 2.93. The van der Waals surface area contributed by atoms with E-state index in [4.69, 9.17) is 5.26 Å². The molecule has 2 unspecified atom stereocenters. The third-order valence-corrected chi connectivity index (χ3v) is 4.06. The SMILES string of the molecule is CC1CN(Cc2ccccc2)CC1Nc1nccnc1C#N. The van der Waals surface area contributed by atoms with Gasteiger partial charge >= 0.3 is 0 Å². The molecule has 0 bridgehead atoms. The van der Waals surface area contributed by atoms with Crippen LogP contribution < -0.4 is 5.32 Å². The Balaban J connectivity index is 1.65. The molecular weight excluding hydrogens is 274 g/mol. The van der Waals surface area contributed by atoms with Gasteiger partial charge in [-0.15, -0.1) is 0 Å². The van der Waals surface area contributed by atoms with Gasteiger partial charge in [-0.2, -0.15) is 5.26 Å². The lowest BCUT2D eigenvalue weighted by Gasteiger charge is -2.18. The van der Waals surface area contributed by atoms with Gasteiger partial charge in [0.15, 0.2) is 11.5 Å². The zero-order valence-corrected chi connectivity index (χ0v) is 12.6. The van der Waals surface area contributed by atoms with Crippen LogP contribution in [0.25, 0.3) is 0 Å². The lowest BCUT2D eigenvalue weighted by Crippen LogP contribution is -2.28. The van der Waals surface area contributed by atoms with Crippen molar-refractivity contribution in [2.24, 2.45) is 5.92 Å². The minimum atomic E-state index is 0.285. The van der Waals surface area contributed by atoms with Gasteiger partial charge in [0.1, 0.15) is 6.07 Å². The maximum absolute atomic E-state index is 9.10. The molecule has 1 aromatic carbocycles. The van der Waals surface area contributed by atoms with Crippen LogP contribution in [0, 0.1) is 17.2 Å². The van der Waals surface area contributed by atoms with Crippen molar-refractivity contribution in [2.75, 3.05) is 18.4 Å². The molecule has 2 heterocycles. The maximum Gasteiger partial charge on any atom is 0.182 e. The van der Waals surface area contributed by atoms with Crippen LogP contribution in [0.3, 0.4) is 0 Å². The highest BCUT2D eigenvalue weighted by atomic mass is 15.2. The zero-order chi connectivity index (χ0) is 15.4.